The number of hydrogen-bond donors (Lipinski definition) is 0. The molecule has 0 unspecified atom stereocenters. The summed E-state index contributed by atoms with van der Waals surface area (Å²) in [5.41, 5.74) is 10.00. The van der Waals surface area contributed by atoms with Crippen molar-refractivity contribution >= 4 is 99.5 Å². The molecule has 0 saturated heterocycles. The molecule has 0 aliphatic heterocycles. The Hall–Kier alpha value is -7.30. The molecule has 0 spiro atoms. The monoisotopic (exact) mass is 692 g/mol. The molecular formula is C50H32N2O2. The molecule has 254 valence electrons. The SMILES string of the molecule is c1ccc(N(c2cccc(N(c3ccccc3)c3ccc4oc5ccccc5c4c3)c2)c2ccc3c(ccc4cc5oc6ccccc6c5cc43)c2)cc1. The molecule has 0 fully saturated rings. The van der Waals surface area contributed by atoms with E-state index in [0.29, 0.717) is 0 Å². The van der Waals surface area contributed by atoms with Crippen molar-refractivity contribution in [1.82, 2.24) is 0 Å². The van der Waals surface area contributed by atoms with E-state index >= 15 is 0 Å². The van der Waals surface area contributed by atoms with Gasteiger partial charge < -0.3 is 18.6 Å². The summed E-state index contributed by atoms with van der Waals surface area (Å²) in [7, 11) is 0. The van der Waals surface area contributed by atoms with Crippen LogP contribution in [-0.4, -0.2) is 0 Å². The Labute approximate surface area is 311 Å². The fraction of sp³-hybridized carbons (Fsp3) is 0. The Morgan fingerprint density at radius 2 is 0.722 bits per heavy atom. The smallest absolute Gasteiger partial charge is 0.136 e. The maximum atomic E-state index is 6.22. The largest absolute Gasteiger partial charge is 0.456 e. The minimum absolute atomic E-state index is 0.878. The highest BCUT2D eigenvalue weighted by molar-refractivity contribution is 6.17. The highest BCUT2D eigenvalue weighted by Crippen LogP contribution is 2.43. The van der Waals surface area contributed by atoms with Gasteiger partial charge in [-0.3, -0.25) is 0 Å². The Kier molecular flexibility index (Phi) is 6.82. The first-order valence-corrected chi connectivity index (χ1v) is 18.2. The number of hydrogen-bond acceptors (Lipinski definition) is 4. The molecule has 54 heavy (non-hydrogen) atoms. The Bertz CT molecular complexity index is 3180. The van der Waals surface area contributed by atoms with E-state index < -0.39 is 0 Å². The normalized spacial score (nSPS) is 11.7. The van der Waals surface area contributed by atoms with Gasteiger partial charge in [0.05, 0.1) is 0 Å². The molecule has 0 N–H and O–H groups in total. The number of para-hydroxylation sites is 4. The average Bonchev–Trinajstić information content (AvgIpc) is 3.79. The summed E-state index contributed by atoms with van der Waals surface area (Å²) in [5, 5.41) is 9.25. The van der Waals surface area contributed by atoms with Crippen molar-refractivity contribution in [3.8, 4) is 0 Å². The zero-order chi connectivity index (χ0) is 35.6. The summed E-state index contributed by atoms with van der Waals surface area (Å²) in [6.07, 6.45) is 0. The molecule has 0 atom stereocenters. The maximum Gasteiger partial charge on any atom is 0.136 e. The lowest BCUT2D eigenvalue weighted by Crippen LogP contribution is -2.13. The molecule has 0 bridgehead atoms. The summed E-state index contributed by atoms with van der Waals surface area (Å²) >= 11 is 0. The fourth-order valence-electron chi connectivity index (χ4n) is 8.08. The van der Waals surface area contributed by atoms with E-state index in [1.165, 1.54) is 16.2 Å². The first-order chi connectivity index (χ1) is 26.7. The van der Waals surface area contributed by atoms with Crippen molar-refractivity contribution in [1.29, 1.82) is 0 Å². The molecule has 4 heteroatoms. The zero-order valence-electron chi connectivity index (χ0n) is 29.2. The molecule has 0 aliphatic rings. The average molecular weight is 693 g/mol. The first kappa shape index (κ1) is 30.3. The summed E-state index contributed by atoms with van der Waals surface area (Å²) < 4.78 is 12.4. The van der Waals surface area contributed by atoms with Crippen molar-refractivity contribution in [3.05, 3.63) is 194 Å². The van der Waals surface area contributed by atoms with Crippen molar-refractivity contribution < 1.29 is 8.83 Å². The van der Waals surface area contributed by atoms with Crippen LogP contribution < -0.4 is 9.80 Å². The van der Waals surface area contributed by atoms with Gasteiger partial charge in [0.1, 0.15) is 22.3 Å². The topological polar surface area (TPSA) is 32.8 Å². The molecule has 0 amide bonds. The van der Waals surface area contributed by atoms with Crippen LogP contribution in [0.2, 0.25) is 0 Å². The number of benzene rings is 9. The van der Waals surface area contributed by atoms with Gasteiger partial charge in [-0.05, 0) is 119 Å². The molecule has 4 nitrogen and oxygen atoms in total. The van der Waals surface area contributed by atoms with Crippen molar-refractivity contribution in [2.24, 2.45) is 0 Å². The van der Waals surface area contributed by atoms with Gasteiger partial charge in [-0.2, -0.15) is 0 Å². The third kappa shape index (κ3) is 4.92. The van der Waals surface area contributed by atoms with Crippen molar-refractivity contribution in [2.75, 3.05) is 9.80 Å². The van der Waals surface area contributed by atoms with Crippen LogP contribution >= 0.6 is 0 Å². The second-order valence-corrected chi connectivity index (χ2v) is 13.8. The predicted octanol–water partition coefficient (Wildman–Crippen LogP) is 14.7. The van der Waals surface area contributed by atoms with Crippen LogP contribution in [0.25, 0.3) is 65.4 Å². The van der Waals surface area contributed by atoms with Crippen molar-refractivity contribution in [3.63, 3.8) is 0 Å². The predicted molar refractivity (Wildman–Crippen MR) is 225 cm³/mol. The summed E-state index contributed by atoms with van der Waals surface area (Å²) in [5.74, 6) is 0. The van der Waals surface area contributed by atoms with Gasteiger partial charge in [0, 0.05) is 55.7 Å². The zero-order valence-corrected chi connectivity index (χ0v) is 29.2. The molecule has 0 saturated carbocycles. The fourth-order valence-corrected chi connectivity index (χ4v) is 8.08. The van der Waals surface area contributed by atoms with Crippen LogP contribution in [0.1, 0.15) is 0 Å². The highest BCUT2D eigenvalue weighted by Gasteiger charge is 2.19. The third-order valence-electron chi connectivity index (χ3n) is 10.6. The molecule has 9 aromatic carbocycles. The van der Waals surface area contributed by atoms with Crippen LogP contribution in [0.15, 0.2) is 203 Å². The molecule has 2 heterocycles. The minimum Gasteiger partial charge on any atom is -0.456 e. The lowest BCUT2D eigenvalue weighted by molar-refractivity contribution is 0.668. The maximum absolute atomic E-state index is 6.22. The molecule has 11 aromatic rings. The highest BCUT2D eigenvalue weighted by atomic mass is 16.3. The van der Waals surface area contributed by atoms with E-state index in [4.69, 9.17) is 8.83 Å². The van der Waals surface area contributed by atoms with Gasteiger partial charge in [0.2, 0.25) is 0 Å². The Morgan fingerprint density at radius 3 is 1.39 bits per heavy atom. The van der Waals surface area contributed by atoms with Crippen LogP contribution in [0, 0.1) is 0 Å². The lowest BCUT2D eigenvalue weighted by Gasteiger charge is -2.29. The van der Waals surface area contributed by atoms with E-state index in [0.717, 1.165) is 83.4 Å². The Balaban J connectivity index is 1.06. The number of rotatable bonds is 6. The van der Waals surface area contributed by atoms with Gasteiger partial charge in [-0.15, -0.1) is 0 Å². The summed E-state index contributed by atoms with van der Waals surface area (Å²) in [6, 6.07) is 68.7. The van der Waals surface area contributed by atoms with Crippen LogP contribution in [-0.2, 0) is 0 Å². The van der Waals surface area contributed by atoms with Gasteiger partial charge in [0.25, 0.3) is 0 Å². The summed E-state index contributed by atoms with van der Waals surface area (Å²) in [4.78, 5) is 4.66. The van der Waals surface area contributed by atoms with E-state index in [2.05, 4.69) is 180 Å². The molecule has 0 aliphatic carbocycles. The van der Waals surface area contributed by atoms with Crippen LogP contribution in [0.4, 0.5) is 34.1 Å². The van der Waals surface area contributed by atoms with Gasteiger partial charge >= 0.3 is 0 Å². The number of fused-ring (bicyclic) bond motifs is 9. The van der Waals surface area contributed by atoms with E-state index in [1.54, 1.807) is 0 Å². The van der Waals surface area contributed by atoms with Gasteiger partial charge in [-0.1, -0.05) is 97.1 Å². The van der Waals surface area contributed by atoms with E-state index in [1.807, 2.05) is 24.3 Å². The van der Waals surface area contributed by atoms with E-state index in [9.17, 15) is 0 Å². The second-order valence-electron chi connectivity index (χ2n) is 13.8. The minimum atomic E-state index is 0.878. The van der Waals surface area contributed by atoms with Crippen LogP contribution in [0.5, 0.6) is 0 Å². The molecule has 11 rings (SSSR count). The number of anilines is 6. The van der Waals surface area contributed by atoms with E-state index in [-0.39, 0.29) is 0 Å². The van der Waals surface area contributed by atoms with Crippen molar-refractivity contribution in [2.45, 2.75) is 0 Å². The second kappa shape index (κ2) is 12.1. The van der Waals surface area contributed by atoms with Gasteiger partial charge in [-0.25, -0.2) is 0 Å². The quantitative estimate of drug-likeness (QED) is 0.162. The number of nitrogens with zero attached hydrogens (tertiary/aromatic N) is 2. The van der Waals surface area contributed by atoms with Gasteiger partial charge in [0.15, 0.2) is 0 Å². The van der Waals surface area contributed by atoms with Crippen LogP contribution in [0.3, 0.4) is 0 Å². The standard InChI is InChI=1S/C50H32N2O2/c1-3-12-35(13-4-1)51(39-24-26-41-33(28-39)22-23-34-29-50-46(32-44(34)41)43-19-8-10-21-48(43)54-50)37-16-11-17-38(30-37)52(36-14-5-2-6-15-36)40-25-27-49-45(31-40)42-18-7-9-20-47(42)53-49/h1-32H. The number of furan rings is 2. The Morgan fingerprint density at radius 1 is 0.241 bits per heavy atom. The third-order valence-corrected chi connectivity index (χ3v) is 10.6. The molecule has 0 radical (unpaired) electrons. The summed E-state index contributed by atoms with van der Waals surface area (Å²) in [6.45, 7) is 0. The first-order valence-electron chi connectivity index (χ1n) is 18.2. The molecular weight excluding hydrogens is 661 g/mol. The lowest BCUT2D eigenvalue weighted by atomic mass is 9.99. The molecule has 2 aromatic heterocycles.